The van der Waals surface area contributed by atoms with Crippen LogP contribution in [0.5, 0.6) is 0 Å². The molecule has 0 spiro atoms. The smallest absolute Gasteiger partial charge is 0.335 e. The summed E-state index contributed by atoms with van der Waals surface area (Å²) in [5.74, 6) is -1.76. The van der Waals surface area contributed by atoms with Crippen molar-refractivity contribution in [2.75, 3.05) is 33.0 Å². The van der Waals surface area contributed by atoms with Crippen LogP contribution in [-0.4, -0.2) is 411 Å². The summed E-state index contributed by atoms with van der Waals surface area (Å²) >= 11 is 0. The van der Waals surface area contributed by atoms with E-state index in [2.05, 4.69) is 0 Å². The monoisotopic (exact) mass is 1230 g/mol. The Hall–Kier alpha value is -3.83. The van der Waals surface area contributed by atoms with Crippen molar-refractivity contribution in [1.82, 2.24) is 0 Å². The van der Waals surface area contributed by atoms with E-state index in [9.17, 15) is 43.8 Å². The third kappa shape index (κ3) is 35.5. The van der Waals surface area contributed by atoms with Gasteiger partial charge < -0.3 is 203 Å². The summed E-state index contributed by atoms with van der Waals surface area (Å²) in [5.41, 5.74) is 5.26. The molecule has 28 atom stereocenters. The molecule has 0 aliphatic carbocycles. The molecule has 1 saturated heterocycles. The number of aldehydes is 6. The third-order valence-corrected chi connectivity index (χ3v) is 10.0. The second kappa shape index (κ2) is 49.4. The molecule has 41 heteroatoms. The first-order valence-electron chi connectivity index (χ1n) is 22.8. The van der Waals surface area contributed by atoms with Gasteiger partial charge >= 0.3 is 5.97 Å². The van der Waals surface area contributed by atoms with Crippen LogP contribution in [0.3, 0.4) is 0 Å². The Morgan fingerprint density at radius 3 is 0.841 bits per heavy atom. The number of aliphatic carboxylic acids is 1. The van der Waals surface area contributed by atoms with Crippen molar-refractivity contribution in [2.45, 2.75) is 178 Å². The first-order chi connectivity index (χ1) is 37.7. The fraction of sp³-hybridized carbons (Fsp3) is 0.829. The van der Waals surface area contributed by atoms with Gasteiger partial charge in [0.1, 0.15) is 146 Å². The van der Waals surface area contributed by atoms with Crippen LogP contribution in [-0.2, 0) is 38.3 Å². The van der Waals surface area contributed by atoms with Crippen LogP contribution in [0.4, 0.5) is 0 Å². The normalized spacial score (nSPS) is 25.0. The summed E-state index contributed by atoms with van der Waals surface area (Å²) in [7, 11) is 0. The molecular weight excluding hydrogens is 1150 g/mol. The van der Waals surface area contributed by atoms with Crippen LogP contribution in [0.2, 0.25) is 0 Å². The molecule has 0 aromatic carbocycles. The maximum absolute atomic E-state index is 10.1. The molecule has 0 aromatic rings. The van der Waals surface area contributed by atoms with Gasteiger partial charge in [0, 0.05) is 0 Å². The predicted octanol–water partition coefficient (Wildman–Crippen LogP) is -21.8. The summed E-state index contributed by atoms with van der Waals surface area (Å²) in [4.78, 5) is 69.3. The fourth-order valence-corrected chi connectivity index (χ4v) is 4.57. The van der Waals surface area contributed by atoms with E-state index in [4.69, 9.17) is 164 Å². The largest absolute Gasteiger partial charge is 0.479 e. The average Bonchev–Trinajstić information content (AvgIpc) is 3.49. The number of carboxylic acids is 1. The molecule has 82 heavy (non-hydrogen) atoms. The minimum atomic E-state index is -2.25. The lowest BCUT2D eigenvalue weighted by Gasteiger charge is -2.38. The zero-order chi connectivity index (χ0) is 66.2. The number of hydrogen-bond acceptors (Lipinski definition) is 40. The molecule has 1 fully saturated rings. The molecule has 490 valence electrons. The van der Waals surface area contributed by atoms with E-state index in [1.54, 1.807) is 0 Å². The quantitative estimate of drug-likeness (QED) is 0.0309. The molecule has 0 radical (unpaired) electrons. The van der Waals surface area contributed by atoms with Crippen LogP contribution >= 0.6 is 0 Å². The van der Waals surface area contributed by atoms with Crippen LogP contribution in [0.15, 0.2) is 0 Å². The third-order valence-electron chi connectivity index (χ3n) is 10.0. The standard InChI is InChI=1S/C6H13NO5.C6H10O7.3C6H12O6.C6H12O5.C5H10O5/c7-3-5(10)4(9)2(1-8)12-6(3)11;7-1-2(8)3(9)4(10)5(11)6(12)13;3*7-1-3(9)5(11)6(12)4(10)2-8;1-3(8)5(10)6(11)4(9)2-7;6-1-3(8)5(10)4(9)2-7/h2-6,8-11H,1,7H2;1-5,8-11H,(H,12,13);3*1,3-6,8-12H,2H2;2-6,8-11H,1H3;1,3-5,7-10H,2H2/t2-,3-,4-,5-,6?;;;;;;/m1....../s1. The zero-order valence-electron chi connectivity index (χ0n) is 42.8. The van der Waals surface area contributed by atoms with Gasteiger partial charge in [0.15, 0.2) is 50.1 Å². The van der Waals surface area contributed by atoms with Crippen molar-refractivity contribution in [2.24, 2.45) is 5.73 Å². The maximum Gasteiger partial charge on any atom is 0.335 e. The Kier molecular flexibility index (Phi) is 53.9. The van der Waals surface area contributed by atoms with Gasteiger partial charge in [-0.1, -0.05) is 0 Å². The topological polar surface area (TPSA) is 802 Å². The number of ether oxygens (including phenoxy) is 1. The predicted molar refractivity (Wildman–Crippen MR) is 254 cm³/mol. The highest BCUT2D eigenvalue weighted by molar-refractivity contribution is 5.73. The number of rotatable bonds is 29. The first-order valence-corrected chi connectivity index (χ1v) is 22.8. The van der Waals surface area contributed by atoms with Crippen molar-refractivity contribution in [3.63, 3.8) is 0 Å². The van der Waals surface area contributed by atoms with Crippen molar-refractivity contribution in [3.05, 3.63) is 0 Å². The Bertz CT molecular complexity index is 1550. The maximum atomic E-state index is 10.1. The number of hydrogen-bond donors (Lipinski definition) is 33. The van der Waals surface area contributed by atoms with E-state index in [1.807, 2.05) is 0 Å². The SMILES string of the molecule is CC(O)C(O)C(O)C(O)C=O.N[C@H]1C(O)O[C@H](CO)[C@@H](O)[C@@H]1O.O=CC(O)C(O)C(O)C(O)C(=O)O.O=CC(O)C(O)C(O)C(O)CO.O=CC(O)C(O)C(O)C(O)CO.O=CC(O)C(O)C(O)C(O)CO.O=CC(O)C(O)C(O)CO. The first kappa shape index (κ1) is 89.4. The van der Waals surface area contributed by atoms with Crippen LogP contribution in [0.1, 0.15) is 6.92 Å². The van der Waals surface area contributed by atoms with Gasteiger partial charge in [0.2, 0.25) is 0 Å². The van der Waals surface area contributed by atoms with Crippen molar-refractivity contribution in [3.8, 4) is 0 Å². The summed E-state index contributed by atoms with van der Waals surface area (Å²) in [6.07, 6.45) is -44.3. The zero-order valence-corrected chi connectivity index (χ0v) is 42.8. The molecule has 34 N–H and O–H groups in total. The van der Waals surface area contributed by atoms with E-state index in [1.165, 1.54) is 6.92 Å². The molecular formula is C41H81NO40. The van der Waals surface area contributed by atoms with Gasteiger partial charge in [-0.05, 0) is 6.92 Å². The molecule has 1 aliphatic heterocycles. The summed E-state index contributed by atoms with van der Waals surface area (Å²) in [6, 6.07) is -1.04. The molecule has 0 bridgehead atoms. The Balaban J connectivity index is -0.000000206. The Morgan fingerprint density at radius 1 is 0.390 bits per heavy atom. The number of carboxylic acid groups (broad SMARTS) is 1. The van der Waals surface area contributed by atoms with Crippen molar-refractivity contribution < 1.29 is 202 Å². The number of aliphatic hydroxyl groups is 31. The Labute approximate surface area is 461 Å². The molecule has 0 aromatic heterocycles. The van der Waals surface area contributed by atoms with Crippen molar-refractivity contribution >= 4 is 43.7 Å². The van der Waals surface area contributed by atoms with E-state index in [0.29, 0.717) is 0 Å². The molecule has 0 saturated carbocycles. The molecule has 1 heterocycles. The van der Waals surface area contributed by atoms with Crippen LogP contribution < -0.4 is 5.73 Å². The lowest BCUT2D eigenvalue weighted by atomic mass is 9.98. The molecule has 1 aliphatic rings. The highest BCUT2D eigenvalue weighted by Crippen LogP contribution is 2.18. The van der Waals surface area contributed by atoms with Crippen molar-refractivity contribution in [1.29, 1.82) is 0 Å². The van der Waals surface area contributed by atoms with Gasteiger partial charge in [-0.3, -0.25) is 0 Å². The summed E-state index contributed by atoms with van der Waals surface area (Å²) < 4.78 is 4.70. The second-order valence-corrected chi connectivity index (χ2v) is 16.5. The van der Waals surface area contributed by atoms with Gasteiger partial charge in [0.25, 0.3) is 0 Å². The average molecular weight is 1230 g/mol. The molecule has 41 nitrogen and oxygen atoms in total. The van der Waals surface area contributed by atoms with Crippen LogP contribution in [0, 0.1) is 0 Å². The minimum absolute atomic E-state index is 0.0258. The number of carbonyl (C=O) groups excluding carboxylic acids is 6. The molecule has 1 rings (SSSR count). The highest BCUT2D eigenvalue weighted by atomic mass is 16.6. The number of nitrogens with two attached hydrogens (primary N) is 1. The summed E-state index contributed by atoms with van der Waals surface area (Å²) in [5, 5.41) is 279. The lowest BCUT2D eigenvalue weighted by Crippen LogP contribution is -2.61. The van der Waals surface area contributed by atoms with Gasteiger partial charge in [-0.2, -0.15) is 0 Å². The van der Waals surface area contributed by atoms with Crippen LogP contribution in [0.25, 0.3) is 0 Å². The van der Waals surface area contributed by atoms with E-state index >= 15 is 0 Å². The Morgan fingerprint density at radius 2 is 0.622 bits per heavy atom. The highest BCUT2D eigenvalue weighted by Gasteiger charge is 2.42. The van der Waals surface area contributed by atoms with Gasteiger partial charge in [0.05, 0.1) is 45.2 Å². The molecule has 24 unspecified atom stereocenters. The van der Waals surface area contributed by atoms with Gasteiger partial charge in [-0.25, -0.2) is 4.79 Å². The van der Waals surface area contributed by atoms with E-state index in [0.717, 1.165) is 0 Å². The van der Waals surface area contributed by atoms with Gasteiger partial charge in [-0.15, -0.1) is 0 Å². The number of aliphatic hydroxyl groups excluding tert-OH is 31. The van der Waals surface area contributed by atoms with E-state index < -0.39 is 210 Å². The summed E-state index contributed by atoms with van der Waals surface area (Å²) in [6.45, 7) is -2.20. The fourth-order valence-electron chi connectivity index (χ4n) is 4.57. The number of carbonyl (C=O) groups is 7. The second-order valence-electron chi connectivity index (χ2n) is 16.5. The van der Waals surface area contributed by atoms with E-state index in [-0.39, 0.29) is 37.7 Å². The minimum Gasteiger partial charge on any atom is -0.479 e. The molecule has 0 amide bonds. The lowest BCUT2D eigenvalue weighted by molar-refractivity contribution is -0.248.